The van der Waals surface area contributed by atoms with Crippen molar-refractivity contribution < 1.29 is 14.6 Å². The summed E-state index contributed by atoms with van der Waals surface area (Å²) in [6.07, 6.45) is 0. The van der Waals surface area contributed by atoms with Gasteiger partial charge in [0.25, 0.3) is 0 Å². The molecule has 0 aliphatic heterocycles. The number of phenols is 1. The fraction of sp³-hybridized carbons (Fsp3) is 0.200. The van der Waals surface area contributed by atoms with Gasteiger partial charge in [-0.2, -0.15) is 5.11 Å². The van der Waals surface area contributed by atoms with E-state index in [4.69, 9.17) is 9.47 Å². The number of methoxy groups -OCH3 is 1. The number of benzene rings is 2. The highest BCUT2D eigenvalue weighted by atomic mass is 16.5. The van der Waals surface area contributed by atoms with Crippen molar-refractivity contribution in [1.29, 1.82) is 0 Å². The summed E-state index contributed by atoms with van der Waals surface area (Å²) in [5.41, 5.74) is 3.35. The Morgan fingerprint density at radius 3 is 2.40 bits per heavy atom. The molecule has 1 N–H and O–H groups in total. The first-order valence-electron chi connectivity index (χ1n) is 7.76. The molecule has 0 radical (unpaired) electrons. The van der Waals surface area contributed by atoms with Gasteiger partial charge in [-0.05, 0) is 61.4 Å². The zero-order valence-corrected chi connectivity index (χ0v) is 14.7. The van der Waals surface area contributed by atoms with E-state index in [-0.39, 0.29) is 12.4 Å². The van der Waals surface area contributed by atoms with Gasteiger partial charge in [0, 0.05) is 5.56 Å². The number of aromatic hydroxyl groups is 1. The van der Waals surface area contributed by atoms with Crippen molar-refractivity contribution in [2.45, 2.75) is 20.5 Å². The molecule has 0 aromatic heterocycles. The molecule has 2 aromatic carbocycles. The Bertz CT molecular complexity index is 808. The first kappa shape index (κ1) is 18.3. The van der Waals surface area contributed by atoms with E-state index in [0.29, 0.717) is 22.7 Å². The number of azo groups is 1. The Hall–Kier alpha value is -3.08. The molecular weight excluding hydrogens is 316 g/mol. The minimum atomic E-state index is 0.0392. The maximum atomic E-state index is 10.4. The number of nitrogens with zero attached hydrogens (tertiary/aromatic N) is 2. The molecule has 0 atom stereocenters. The average molecular weight is 338 g/mol. The SMILES string of the molecule is C=C(C)C(=C)OCc1cc(C)cc(N=Nc2ccc(OC)cc2)c1O. The largest absolute Gasteiger partial charge is 0.505 e. The molecule has 2 rings (SSSR count). The molecular formula is C20H22N2O3. The van der Waals surface area contributed by atoms with Gasteiger partial charge in [0.2, 0.25) is 0 Å². The Kier molecular flexibility index (Phi) is 5.95. The summed E-state index contributed by atoms with van der Waals surface area (Å²) in [6, 6.07) is 10.8. The molecule has 0 amide bonds. The van der Waals surface area contributed by atoms with Gasteiger partial charge in [-0.1, -0.05) is 13.2 Å². The van der Waals surface area contributed by atoms with Crippen LogP contribution in [0.4, 0.5) is 11.4 Å². The predicted molar refractivity (Wildman–Crippen MR) is 98.8 cm³/mol. The lowest BCUT2D eigenvalue weighted by Crippen LogP contribution is -1.95. The Morgan fingerprint density at radius 2 is 1.80 bits per heavy atom. The maximum Gasteiger partial charge on any atom is 0.149 e. The van der Waals surface area contributed by atoms with E-state index in [9.17, 15) is 5.11 Å². The van der Waals surface area contributed by atoms with E-state index in [1.807, 2.05) is 19.9 Å². The number of ether oxygens (including phenoxy) is 2. The van der Waals surface area contributed by atoms with Crippen LogP contribution in [0.15, 0.2) is 71.1 Å². The van der Waals surface area contributed by atoms with Crippen LogP contribution in [0, 0.1) is 6.92 Å². The monoisotopic (exact) mass is 338 g/mol. The number of aryl methyl sites for hydroxylation is 1. The summed E-state index contributed by atoms with van der Waals surface area (Å²) >= 11 is 0. The predicted octanol–water partition coefficient (Wildman–Crippen LogP) is 5.73. The third-order valence-electron chi connectivity index (χ3n) is 3.54. The summed E-state index contributed by atoms with van der Waals surface area (Å²) in [6.45, 7) is 11.5. The van der Waals surface area contributed by atoms with Gasteiger partial charge in [0.1, 0.15) is 29.6 Å². The van der Waals surface area contributed by atoms with Gasteiger partial charge in [0.15, 0.2) is 0 Å². The fourth-order valence-electron chi connectivity index (χ4n) is 2.07. The highest BCUT2D eigenvalue weighted by Gasteiger charge is 2.10. The Morgan fingerprint density at radius 1 is 1.12 bits per heavy atom. The van der Waals surface area contributed by atoms with E-state index >= 15 is 0 Å². The molecule has 5 nitrogen and oxygen atoms in total. The van der Waals surface area contributed by atoms with Crippen molar-refractivity contribution in [2.24, 2.45) is 10.2 Å². The first-order valence-corrected chi connectivity index (χ1v) is 7.76. The van der Waals surface area contributed by atoms with Gasteiger partial charge < -0.3 is 14.6 Å². The van der Waals surface area contributed by atoms with Gasteiger partial charge in [-0.25, -0.2) is 0 Å². The van der Waals surface area contributed by atoms with Crippen LogP contribution in [0.1, 0.15) is 18.1 Å². The topological polar surface area (TPSA) is 63.4 Å². The van der Waals surface area contributed by atoms with Crippen LogP contribution in [0.2, 0.25) is 0 Å². The lowest BCUT2D eigenvalue weighted by atomic mass is 10.1. The molecule has 0 unspecified atom stereocenters. The van der Waals surface area contributed by atoms with Crippen molar-refractivity contribution in [3.05, 3.63) is 72.0 Å². The minimum absolute atomic E-state index is 0.0392. The van der Waals surface area contributed by atoms with E-state index < -0.39 is 0 Å². The smallest absolute Gasteiger partial charge is 0.149 e. The Balaban J connectivity index is 2.21. The van der Waals surface area contributed by atoms with Gasteiger partial charge in [-0.3, -0.25) is 0 Å². The van der Waals surface area contributed by atoms with Crippen LogP contribution in [-0.4, -0.2) is 12.2 Å². The van der Waals surface area contributed by atoms with E-state index in [2.05, 4.69) is 23.4 Å². The van der Waals surface area contributed by atoms with Crippen molar-refractivity contribution >= 4 is 11.4 Å². The highest BCUT2D eigenvalue weighted by Crippen LogP contribution is 2.34. The maximum absolute atomic E-state index is 10.4. The molecule has 0 fully saturated rings. The fourth-order valence-corrected chi connectivity index (χ4v) is 2.07. The van der Waals surface area contributed by atoms with E-state index in [0.717, 1.165) is 16.9 Å². The molecule has 2 aromatic rings. The average Bonchev–Trinajstić information content (AvgIpc) is 2.60. The zero-order valence-electron chi connectivity index (χ0n) is 14.7. The molecule has 0 aliphatic rings. The number of phenolic OH excluding ortho intramolecular Hbond substituents is 1. The summed E-state index contributed by atoms with van der Waals surface area (Å²) < 4.78 is 10.6. The summed E-state index contributed by atoms with van der Waals surface area (Å²) in [5, 5.41) is 18.7. The quantitative estimate of drug-likeness (QED) is 0.398. The molecule has 5 heteroatoms. The summed E-state index contributed by atoms with van der Waals surface area (Å²) in [5.74, 6) is 1.27. The van der Waals surface area contributed by atoms with Crippen molar-refractivity contribution in [2.75, 3.05) is 7.11 Å². The second-order valence-corrected chi connectivity index (χ2v) is 5.68. The minimum Gasteiger partial charge on any atom is -0.505 e. The zero-order chi connectivity index (χ0) is 18.4. The van der Waals surface area contributed by atoms with Crippen molar-refractivity contribution in [3.63, 3.8) is 0 Å². The van der Waals surface area contributed by atoms with Crippen LogP contribution in [0.25, 0.3) is 0 Å². The standard InChI is InChI=1S/C20H22N2O3/c1-13(2)15(4)25-12-16-10-14(3)11-19(20(16)23)22-21-17-6-8-18(24-5)9-7-17/h6-11,23H,1,4,12H2,2-3,5H3. The first-order chi connectivity index (χ1) is 11.9. The number of allylic oxidation sites excluding steroid dienone is 1. The second kappa shape index (κ2) is 8.15. The Labute approximate surface area is 147 Å². The molecule has 0 aliphatic carbocycles. The van der Waals surface area contributed by atoms with Crippen LogP contribution in [0.5, 0.6) is 11.5 Å². The summed E-state index contributed by atoms with van der Waals surface area (Å²) in [7, 11) is 1.60. The summed E-state index contributed by atoms with van der Waals surface area (Å²) in [4.78, 5) is 0. The molecule has 130 valence electrons. The second-order valence-electron chi connectivity index (χ2n) is 5.68. The van der Waals surface area contributed by atoms with Gasteiger partial charge in [0.05, 0.1) is 12.8 Å². The molecule has 25 heavy (non-hydrogen) atoms. The third-order valence-corrected chi connectivity index (χ3v) is 3.54. The van der Waals surface area contributed by atoms with Crippen LogP contribution in [0.3, 0.4) is 0 Å². The van der Waals surface area contributed by atoms with Crippen molar-refractivity contribution in [1.82, 2.24) is 0 Å². The normalized spacial score (nSPS) is 10.7. The van der Waals surface area contributed by atoms with Crippen LogP contribution in [-0.2, 0) is 11.3 Å². The lowest BCUT2D eigenvalue weighted by molar-refractivity contribution is 0.205. The van der Waals surface area contributed by atoms with Gasteiger partial charge in [-0.15, -0.1) is 5.11 Å². The van der Waals surface area contributed by atoms with E-state index in [1.54, 1.807) is 37.4 Å². The number of hydrogen-bond donors (Lipinski definition) is 1. The number of rotatable bonds is 7. The molecule has 0 saturated heterocycles. The molecule has 0 bridgehead atoms. The highest BCUT2D eigenvalue weighted by molar-refractivity contribution is 5.57. The van der Waals surface area contributed by atoms with Crippen LogP contribution >= 0.6 is 0 Å². The third kappa shape index (κ3) is 4.94. The molecule has 0 saturated carbocycles. The lowest BCUT2D eigenvalue weighted by Gasteiger charge is -2.12. The number of hydrogen-bond acceptors (Lipinski definition) is 5. The van der Waals surface area contributed by atoms with Crippen molar-refractivity contribution in [3.8, 4) is 11.5 Å². The van der Waals surface area contributed by atoms with Gasteiger partial charge >= 0.3 is 0 Å². The molecule has 0 heterocycles. The van der Waals surface area contributed by atoms with Crippen LogP contribution < -0.4 is 4.74 Å². The van der Waals surface area contributed by atoms with E-state index in [1.165, 1.54) is 0 Å². The molecule has 0 spiro atoms.